The summed E-state index contributed by atoms with van der Waals surface area (Å²) in [5.74, 6) is 5.38. The normalized spacial score (nSPS) is 23.5. The van der Waals surface area contributed by atoms with Gasteiger partial charge in [-0.15, -0.1) is 0 Å². The van der Waals surface area contributed by atoms with Crippen molar-refractivity contribution in [3.63, 3.8) is 0 Å². The number of nitrogens with zero attached hydrogens (tertiary/aromatic N) is 1. The third-order valence-corrected chi connectivity index (χ3v) is 2.80. The quantitative estimate of drug-likeness (QED) is 0.488. The molecule has 1 aliphatic rings. The van der Waals surface area contributed by atoms with Gasteiger partial charge in [0.2, 0.25) is 0 Å². The van der Waals surface area contributed by atoms with Crippen molar-refractivity contribution in [3.05, 3.63) is 0 Å². The van der Waals surface area contributed by atoms with Crippen molar-refractivity contribution in [2.45, 2.75) is 38.3 Å². The molecule has 1 atom stereocenters. The molecule has 1 rings (SSSR count). The molecule has 76 valence electrons. The molecule has 1 saturated heterocycles. The minimum Gasteiger partial charge on any atom is -0.441 e. The monoisotopic (exact) mass is 187 g/mol. The Bertz CT molecular complexity index is 204. The number of hydrogen-bond acceptors (Lipinski definition) is 4. The molecule has 1 fully saturated rings. The van der Waals surface area contributed by atoms with Crippen molar-refractivity contribution in [3.8, 4) is 0 Å². The molecule has 1 heterocycles. The van der Waals surface area contributed by atoms with Crippen LogP contribution in [0.25, 0.3) is 0 Å². The second-order valence-electron chi connectivity index (χ2n) is 3.47. The summed E-state index contributed by atoms with van der Waals surface area (Å²) in [7, 11) is 0. The molecule has 0 saturated carbocycles. The van der Waals surface area contributed by atoms with Gasteiger partial charge in [-0.3, -0.25) is 0 Å². The highest BCUT2D eigenvalue weighted by atomic mass is 16.6. The molecule has 13 heavy (non-hydrogen) atoms. The summed E-state index contributed by atoms with van der Waals surface area (Å²) in [6.45, 7) is 4.35. The van der Waals surface area contributed by atoms with Crippen LogP contribution in [0.4, 0.5) is 4.79 Å². The van der Waals surface area contributed by atoms with Crippen molar-refractivity contribution < 1.29 is 9.53 Å². The summed E-state index contributed by atoms with van der Waals surface area (Å²) in [6.07, 6.45) is 0.784. The predicted octanol–water partition coefficient (Wildman–Crippen LogP) is 0.198. The number of nitrogens with two attached hydrogens (primary N) is 2. The second-order valence-corrected chi connectivity index (χ2v) is 3.47. The standard InChI is InChI=1S/C8H17N3O2/c1-3-8(9,4-2)6-5-11(10)7(12)13-6/h6H,3-5,9-10H2,1-2H3. The summed E-state index contributed by atoms with van der Waals surface area (Å²) < 4.78 is 5.06. The molecule has 5 heteroatoms. The van der Waals surface area contributed by atoms with Crippen molar-refractivity contribution >= 4 is 6.09 Å². The molecule has 1 unspecified atom stereocenters. The van der Waals surface area contributed by atoms with Crippen LogP contribution < -0.4 is 11.6 Å². The lowest BCUT2D eigenvalue weighted by Gasteiger charge is -2.31. The van der Waals surface area contributed by atoms with Gasteiger partial charge in [-0.05, 0) is 12.8 Å². The number of cyclic esters (lactones) is 1. The zero-order valence-electron chi connectivity index (χ0n) is 8.12. The first-order valence-electron chi connectivity index (χ1n) is 4.55. The van der Waals surface area contributed by atoms with Crippen LogP contribution in [0.3, 0.4) is 0 Å². The number of amides is 1. The highest BCUT2D eigenvalue weighted by Gasteiger charge is 2.41. The second kappa shape index (κ2) is 3.51. The first-order chi connectivity index (χ1) is 6.03. The van der Waals surface area contributed by atoms with Crippen LogP contribution in [-0.2, 0) is 4.74 Å². The number of ether oxygens (including phenoxy) is 1. The van der Waals surface area contributed by atoms with E-state index in [0.717, 1.165) is 17.9 Å². The van der Waals surface area contributed by atoms with E-state index in [2.05, 4.69) is 0 Å². The summed E-state index contributed by atoms with van der Waals surface area (Å²) in [5, 5.41) is 1.07. The molecule has 0 spiro atoms. The Balaban J connectivity index is 2.68. The smallest absolute Gasteiger partial charge is 0.424 e. The lowest BCUT2D eigenvalue weighted by atomic mass is 9.88. The Kier molecular flexibility index (Phi) is 2.77. The summed E-state index contributed by atoms with van der Waals surface area (Å²) in [4.78, 5) is 11.0. The fourth-order valence-electron chi connectivity index (χ4n) is 1.48. The Morgan fingerprint density at radius 2 is 2.15 bits per heavy atom. The molecule has 0 aliphatic carbocycles. The van der Waals surface area contributed by atoms with E-state index >= 15 is 0 Å². The lowest BCUT2D eigenvalue weighted by molar-refractivity contribution is 0.0832. The van der Waals surface area contributed by atoms with Crippen LogP contribution in [0.15, 0.2) is 0 Å². The average Bonchev–Trinajstić information content (AvgIpc) is 2.46. The molecule has 1 aliphatic heterocycles. The summed E-state index contributed by atoms with van der Waals surface area (Å²) in [6, 6.07) is 0. The fourth-order valence-corrected chi connectivity index (χ4v) is 1.48. The number of carbonyl (C=O) groups excluding carboxylic acids is 1. The van der Waals surface area contributed by atoms with Crippen molar-refractivity contribution in [1.82, 2.24) is 5.01 Å². The molecule has 0 radical (unpaired) electrons. The largest absolute Gasteiger partial charge is 0.441 e. The third kappa shape index (κ3) is 1.76. The highest BCUT2D eigenvalue weighted by molar-refractivity contribution is 5.69. The Morgan fingerprint density at radius 1 is 1.62 bits per heavy atom. The predicted molar refractivity (Wildman–Crippen MR) is 48.7 cm³/mol. The van der Waals surface area contributed by atoms with Crippen LogP contribution >= 0.6 is 0 Å². The van der Waals surface area contributed by atoms with E-state index in [1.54, 1.807) is 0 Å². The van der Waals surface area contributed by atoms with Crippen LogP contribution in [0.2, 0.25) is 0 Å². The lowest BCUT2D eigenvalue weighted by Crippen LogP contribution is -2.52. The van der Waals surface area contributed by atoms with Gasteiger partial charge in [0, 0.05) is 0 Å². The summed E-state index contributed by atoms with van der Waals surface area (Å²) in [5.41, 5.74) is 5.63. The first-order valence-corrected chi connectivity index (χ1v) is 4.55. The van der Waals surface area contributed by atoms with E-state index in [0.29, 0.717) is 6.54 Å². The number of hydrazine groups is 1. The molecule has 4 N–H and O–H groups in total. The van der Waals surface area contributed by atoms with Gasteiger partial charge in [0.25, 0.3) is 0 Å². The number of carbonyl (C=O) groups is 1. The molecule has 0 bridgehead atoms. The first kappa shape index (κ1) is 10.3. The Hall–Kier alpha value is -0.810. The van der Waals surface area contributed by atoms with Crippen LogP contribution in [0, 0.1) is 0 Å². The molecule has 5 nitrogen and oxygen atoms in total. The topological polar surface area (TPSA) is 81.6 Å². The van der Waals surface area contributed by atoms with Gasteiger partial charge in [0.05, 0.1) is 12.1 Å². The van der Waals surface area contributed by atoms with Gasteiger partial charge in [0.1, 0.15) is 6.10 Å². The number of rotatable bonds is 3. The van der Waals surface area contributed by atoms with E-state index in [9.17, 15) is 4.79 Å². The molecular formula is C8H17N3O2. The highest BCUT2D eigenvalue weighted by Crippen LogP contribution is 2.23. The van der Waals surface area contributed by atoms with Crippen molar-refractivity contribution in [1.29, 1.82) is 0 Å². The molecule has 0 aromatic rings. The van der Waals surface area contributed by atoms with E-state index < -0.39 is 11.6 Å². The van der Waals surface area contributed by atoms with E-state index in [-0.39, 0.29) is 6.10 Å². The molecule has 0 aromatic carbocycles. The minimum absolute atomic E-state index is 0.278. The molecule has 1 amide bonds. The number of hydrogen-bond donors (Lipinski definition) is 2. The van der Waals surface area contributed by atoms with Gasteiger partial charge in [-0.1, -0.05) is 13.8 Å². The maximum atomic E-state index is 11.0. The van der Waals surface area contributed by atoms with Crippen LogP contribution in [-0.4, -0.2) is 29.3 Å². The van der Waals surface area contributed by atoms with Crippen molar-refractivity contribution in [2.24, 2.45) is 11.6 Å². The van der Waals surface area contributed by atoms with Gasteiger partial charge >= 0.3 is 6.09 Å². The molecular weight excluding hydrogens is 170 g/mol. The Morgan fingerprint density at radius 3 is 2.46 bits per heavy atom. The van der Waals surface area contributed by atoms with Gasteiger partial charge in [-0.25, -0.2) is 15.6 Å². The fraction of sp³-hybridized carbons (Fsp3) is 0.875. The van der Waals surface area contributed by atoms with Gasteiger partial charge < -0.3 is 10.5 Å². The summed E-state index contributed by atoms with van der Waals surface area (Å²) >= 11 is 0. The van der Waals surface area contributed by atoms with Crippen LogP contribution in [0.5, 0.6) is 0 Å². The third-order valence-electron chi connectivity index (χ3n) is 2.80. The van der Waals surface area contributed by atoms with E-state index in [4.69, 9.17) is 16.3 Å². The molecule has 0 aromatic heterocycles. The average molecular weight is 187 g/mol. The van der Waals surface area contributed by atoms with Crippen LogP contribution in [0.1, 0.15) is 26.7 Å². The SMILES string of the molecule is CCC(N)(CC)C1CN(N)C(=O)O1. The van der Waals surface area contributed by atoms with E-state index in [1.807, 2.05) is 13.8 Å². The van der Waals surface area contributed by atoms with Gasteiger partial charge in [0.15, 0.2) is 0 Å². The van der Waals surface area contributed by atoms with E-state index in [1.165, 1.54) is 0 Å². The zero-order valence-corrected chi connectivity index (χ0v) is 8.12. The maximum Gasteiger partial charge on any atom is 0.424 e. The Labute approximate surface area is 78.0 Å². The van der Waals surface area contributed by atoms with Gasteiger partial charge in [-0.2, -0.15) is 0 Å². The van der Waals surface area contributed by atoms with Crippen molar-refractivity contribution in [2.75, 3.05) is 6.54 Å². The minimum atomic E-state index is -0.485. The zero-order chi connectivity index (χ0) is 10.1. The maximum absolute atomic E-state index is 11.0.